The van der Waals surface area contributed by atoms with Crippen LogP contribution in [0.25, 0.3) is 10.6 Å². The van der Waals surface area contributed by atoms with Crippen LogP contribution in [0.3, 0.4) is 0 Å². The number of ether oxygens (including phenoxy) is 1. The second kappa shape index (κ2) is 5.21. The lowest BCUT2D eigenvalue weighted by molar-refractivity contribution is 0.182. The highest BCUT2D eigenvalue weighted by atomic mass is 32.1. The summed E-state index contributed by atoms with van der Waals surface area (Å²) in [7, 11) is 1.46. The van der Waals surface area contributed by atoms with Crippen LogP contribution < -0.4 is 0 Å². The molecule has 0 aliphatic heterocycles. The van der Waals surface area contributed by atoms with E-state index in [1.165, 1.54) is 13.2 Å². The SMILES string of the molecule is COCc1nc(-c2c(F)cccc2F)sc1C#N. The van der Waals surface area contributed by atoms with Crippen LogP contribution in [-0.2, 0) is 11.3 Å². The first-order valence-corrected chi connectivity index (χ1v) is 5.82. The Morgan fingerprint density at radius 1 is 1.39 bits per heavy atom. The first-order valence-electron chi connectivity index (χ1n) is 5.00. The molecule has 1 aromatic heterocycles. The van der Waals surface area contributed by atoms with Crippen molar-refractivity contribution in [3.05, 3.63) is 40.4 Å². The van der Waals surface area contributed by atoms with Crippen LogP contribution in [0.4, 0.5) is 8.78 Å². The van der Waals surface area contributed by atoms with Crippen molar-refractivity contribution in [3.8, 4) is 16.6 Å². The number of aromatic nitrogens is 1. The first kappa shape index (κ1) is 12.6. The Morgan fingerprint density at radius 3 is 2.61 bits per heavy atom. The molecule has 0 saturated heterocycles. The molecule has 0 aliphatic carbocycles. The minimum absolute atomic E-state index is 0.134. The molecule has 0 amide bonds. The Morgan fingerprint density at radius 2 is 2.06 bits per heavy atom. The van der Waals surface area contributed by atoms with E-state index in [4.69, 9.17) is 10.00 Å². The molecule has 0 spiro atoms. The molecule has 1 aromatic carbocycles. The van der Waals surface area contributed by atoms with Crippen molar-refractivity contribution in [2.24, 2.45) is 0 Å². The normalized spacial score (nSPS) is 10.3. The van der Waals surface area contributed by atoms with Gasteiger partial charge in [0.05, 0.1) is 17.9 Å². The third-order valence-corrected chi connectivity index (χ3v) is 3.28. The van der Waals surface area contributed by atoms with Crippen molar-refractivity contribution in [1.82, 2.24) is 4.98 Å². The third kappa shape index (κ3) is 2.23. The zero-order chi connectivity index (χ0) is 13.1. The zero-order valence-electron chi connectivity index (χ0n) is 9.41. The number of methoxy groups -OCH3 is 1. The van der Waals surface area contributed by atoms with Crippen molar-refractivity contribution in [3.63, 3.8) is 0 Å². The van der Waals surface area contributed by atoms with Gasteiger partial charge in [0.25, 0.3) is 0 Å². The number of hydrogen-bond donors (Lipinski definition) is 0. The number of halogens is 2. The van der Waals surface area contributed by atoms with Crippen LogP contribution in [0, 0.1) is 23.0 Å². The highest BCUT2D eigenvalue weighted by molar-refractivity contribution is 7.15. The van der Waals surface area contributed by atoms with E-state index in [1.54, 1.807) is 0 Å². The largest absolute Gasteiger partial charge is 0.378 e. The van der Waals surface area contributed by atoms with E-state index in [1.807, 2.05) is 6.07 Å². The predicted octanol–water partition coefficient (Wildman–Crippen LogP) is 3.11. The van der Waals surface area contributed by atoms with Crippen LogP contribution in [0.2, 0.25) is 0 Å². The second-order valence-electron chi connectivity index (χ2n) is 3.44. The lowest BCUT2D eigenvalue weighted by Gasteiger charge is -1.99. The number of nitriles is 1. The van der Waals surface area contributed by atoms with Gasteiger partial charge in [-0.15, -0.1) is 11.3 Å². The van der Waals surface area contributed by atoms with Gasteiger partial charge in [0.2, 0.25) is 0 Å². The van der Waals surface area contributed by atoms with E-state index in [0.717, 1.165) is 23.5 Å². The summed E-state index contributed by atoms with van der Waals surface area (Å²) in [6, 6.07) is 5.53. The van der Waals surface area contributed by atoms with E-state index in [9.17, 15) is 8.78 Å². The number of rotatable bonds is 3. The maximum atomic E-state index is 13.6. The summed E-state index contributed by atoms with van der Waals surface area (Å²) < 4.78 is 32.0. The Kier molecular flexibility index (Phi) is 3.65. The maximum Gasteiger partial charge on any atom is 0.136 e. The summed E-state index contributed by atoms with van der Waals surface area (Å²) in [5.41, 5.74) is 0.184. The summed E-state index contributed by atoms with van der Waals surface area (Å²) in [6.45, 7) is 0.134. The molecule has 0 atom stereocenters. The van der Waals surface area contributed by atoms with Crippen LogP contribution >= 0.6 is 11.3 Å². The van der Waals surface area contributed by atoms with Crippen LogP contribution in [0.1, 0.15) is 10.6 Å². The molecule has 18 heavy (non-hydrogen) atoms. The predicted molar refractivity (Wildman–Crippen MR) is 62.9 cm³/mol. The van der Waals surface area contributed by atoms with Gasteiger partial charge < -0.3 is 4.74 Å². The van der Waals surface area contributed by atoms with Gasteiger partial charge in [-0.25, -0.2) is 13.8 Å². The van der Waals surface area contributed by atoms with Gasteiger partial charge in [-0.05, 0) is 12.1 Å². The molecule has 3 nitrogen and oxygen atoms in total. The van der Waals surface area contributed by atoms with Gasteiger partial charge in [0, 0.05) is 7.11 Å². The molecule has 0 saturated carbocycles. The molecule has 0 radical (unpaired) electrons. The van der Waals surface area contributed by atoms with Crippen molar-refractivity contribution in [2.75, 3.05) is 7.11 Å². The standard InChI is InChI=1S/C12H8F2N2OS/c1-17-6-9-10(5-15)18-12(16-9)11-7(13)3-2-4-8(11)14/h2-4H,6H2,1H3. The third-order valence-electron chi connectivity index (χ3n) is 2.26. The molecule has 6 heteroatoms. The van der Waals surface area contributed by atoms with Crippen molar-refractivity contribution in [1.29, 1.82) is 5.26 Å². The van der Waals surface area contributed by atoms with Gasteiger partial charge in [-0.3, -0.25) is 0 Å². The maximum absolute atomic E-state index is 13.6. The van der Waals surface area contributed by atoms with Crippen molar-refractivity contribution in [2.45, 2.75) is 6.61 Å². The second-order valence-corrected chi connectivity index (χ2v) is 4.44. The first-order chi connectivity index (χ1) is 8.67. The topological polar surface area (TPSA) is 45.9 Å². The Balaban J connectivity index is 2.55. The van der Waals surface area contributed by atoms with Gasteiger partial charge in [-0.1, -0.05) is 6.07 Å². The van der Waals surface area contributed by atoms with E-state index in [0.29, 0.717) is 10.6 Å². The molecule has 0 N–H and O–H groups in total. The Hall–Kier alpha value is -1.84. The molecule has 0 aliphatic rings. The van der Waals surface area contributed by atoms with Crippen LogP contribution in [0.15, 0.2) is 18.2 Å². The van der Waals surface area contributed by atoms with Gasteiger partial charge in [0.15, 0.2) is 0 Å². The smallest absolute Gasteiger partial charge is 0.136 e. The molecular formula is C12H8F2N2OS. The molecule has 0 fully saturated rings. The fourth-order valence-corrected chi connectivity index (χ4v) is 2.40. The molecule has 92 valence electrons. The van der Waals surface area contributed by atoms with E-state index in [2.05, 4.69) is 4.98 Å². The molecule has 0 bridgehead atoms. The van der Waals surface area contributed by atoms with Crippen molar-refractivity contribution >= 4 is 11.3 Å². The number of benzene rings is 1. The highest BCUT2D eigenvalue weighted by Crippen LogP contribution is 2.31. The van der Waals surface area contributed by atoms with Gasteiger partial charge in [-0.2, -0.15) is 5.26 Å². The summed E-state index contributed by atoms with van der Waals surface area (Å²) in [4.78, 5) is 4.35. The molecule has 2 rings (SSSR count). The molecular weight excluding hydrogens is 258 g/mol. The van der Waals surface area contributed by atoms with Crippen LogP contribution in [-0.4, -0.2) is 12.1 Å². The van der Waals surface area contributed by atoms with E-state index < -0.39 is 11.6 Å². The number of hydrogen-bond acceptors (Lipinski definition) is 4. The zero-order valence-corrected chi connectivity index (χ0v) is 10.2. The lowest BCUT2D eigenvalue weighted by Crippen LogP contribution is -1.92. The van der Waals surface area contributed by atoms with Crippen LogP contribution in [0.5, 0.6) is 0 Å². The molecule has 1 heterocycles. The van der Waals surface area contributed by atoms with Gasteiger partial charge >= 0.3 is 0 Å². The fourth-order valence-electron chi connectivity index (χ4n) is 1.48. The quantitative estimate of drug-likeness (QED) is 0.857. The molecule has 2 aromatic rings. The number of thiazole rings is 1. The Bertz CT molecular complexity index is 599. The van der Waals surface area contributed by atoms with Crippen molar-refractivity contribution < 1.29 is 13.5 Å². The lowest BCUT2D eigenvalue weighted by atomic mass is 10.2. The highest BCUT2D eigenvalue weighted by Gasteiger charge is 2.18. The minimum atomic E-state index is -0.697. The Labute approximate surface area is 106 Å². The molecule has 0 unspecified atom stereocenters. The summed E-state index contributed by atoms with van der Waals surface area (Å²) >= 11 is 0.949. The fraction of sp³-hybridized carbons (Fsp3) is 0.167. The average Bonchev–Trinajstić information content (AvgIpc) is 2.72. The minimum Gasteiger partial charge on any atom is -0.378 e. The number of nitrogens with zero attached hydrogens (tertiary/aromatic N) is 2. The average molecular weight is 266 g/mol. The van der Waals surface area contributed by atoms with E-state index in [-0.39, 0.29) is 17.2 Å². The summed E-state index contributed by atoms with van der Waals surface area (Å²) in [5.74, 6) is -1.39. The van der Waals surface area contributed by atoms with E-state index >= 15 is 0 Å². The summed E-state index contributed by atoms with van der Waals surface area (Å²) in [5, 5.41) is 9.07. The monoisotopic (exact) mass is 266 g/mol. The van der Waals surface area contributed by atoms with Gasteiger partial charge in [0.1, 0.15) is 27.6 Å². The summed E-state index contributed by atoms with van der Waals surface area (Å²) in [6.07, 6.45) is 0.